The minimum Gasteiger partial charge on any atom is -0.266 e. The Morgan fingerprint density at radius 2 is 2.24 bits per heavy atom. The van der Waals surface area contributed by atoms with Crippen LogP contribution in [0.5, 0.6) is 0 Å². The van der Waals surface area contributed by atoms with Gasteiger partial charge >= 0.3 is 0 Å². The normalized spacial score (nSPS) is 13.8. The van der Waals surface area contributed by atoms with Crippen molar-refractivity contribution in [2.24, 2.45) is 0 Å². The SMILES string of the molecule is C=CC1=CN(c2ccc(CC)cn2)NC1.CC. The van der Waals surface area contributed by atoms with E-state index in [4.69, 9.17) is 0 Å². The molecule has 1 aromatic heterocycles. The molecule has 2 heterocycles. The van der Waals surface area contributed by atoms with E-state index >= 15 is 0 Å². The highest BCUT2D eigenvalue weighted by molar-refractivity contribution is 5.46. The number of aromatic nitrogens is 1. The van der Waals surface area contributed by atoms with Crippen molar-refractivity contribution in [3.63, 3.8) is 0 Å². The smallest absolute Gasteiger partial charge is 0.146 e. The van der Waals surface area contributed by atoms with Gasteiger partial charge < -0.3 is 0 Å². The highest BCUT2D eigenvalue weighted by atomic mass is 15.5. The van der Waals surface area contributed by atoms with E-state index in [9.17, 15) is 0 Å². The van der Waals surface area contributed by atoms with E-state index < -0.39 is 0 Å². The van der Waals surface area contributed by atoms with Crippen LogP contribution < -0.4 is 10.4 Å². The first-order valence-corrected chi connectivity index (χ1v) is 6.14. The second-order valence-corrected chi connectivity index (χ2v) is 3.49. The Kier molecular flexibility index (Phi) is 5.43. The minimum atomic E-state index is 0.820. The summed E-state index contributed by atoms with van der Waals surface area (Å²) in [6, 6.07) is 4.12. The summed E-state index contributed by atoms with van der Waals surface area (Å²) < 4.78 is 0. The molecule has 17 heavy (non-hydrogen) atoms. The van der Waals surface area contributed by atoms with Gasteiger partial charge in [-0.2, -0.15) is 0 Å². The van der Waals surface area contributed by atoms with Crippen molar-refractivity contribution in [1.29, 1.82) is 0 Å². The van der Waals surface area contributed by atoms with E-state index in [0.29, 0.717) is 0 Å². The Bertz CT molecular complexity index is 379. The van der Waals surface area contributed by atoms with Crippen molar-refractivity contribution in [1.82, 2.24) is 10.4 Å². The summed E-state index contributed by atoms with van der Waals surface area (Å²) in [6.45, 7) is 10.7. The first-order chi connectivity index (χ1) is 8.33. The van der Waals surface area contributed by atoms with E-state index in [-0.39, 0.29) is 0 Å². The van der Waals surface area contributed by atoms with Crippen LogP contribution in [-0.2, 0) is 6.42 Å². The summed E-state index contributed by atoms with van der Waals surface area (Å²) in [5.41, 5.74) is 5.65. The third-order valence-corrected chi connectivity index (χ3v) is 2.47. The van der Waals surface area contributed by atoms with Crippen molar-refractivity contribution < 1.29 is 0 Å². The summed E-state index contributed by atoms with van der Waals surface area (Å²) in [6.07, 6.45) is 6.81. The molecule has 0 saturated heterocycles. The van der Waals surface area contributed by atoms with Crippen LogP contribution in [0.4, 0.5) is 5.82 Å². The van der Waals surface area contributed by atoms with Gasteiger partial charge in [-0.15, -0.1) is 0 Å². The summed E-state index contributed by atoms with van der Waals surface area (Å²) in [4.78, 5) is 4.38. The lowest BCUT2D eigenvalue weighted by Gasteiger charge is -2.14. The van der Waals surface area contributed by atoms with Gasteiger partial charge in [0.1, 0.15) is 5.82 Å². The quantitative estimate of drug-likeness (QED) is 0.866. The molecule has 0 radical (unpaired) electrons. The largest absolute Gasteiger partial charge is 0.266 e. The standard InChI is InChI=1S/C12H15N3.C2H6/c1-3-10-5-6-12(13-7-10)15-9-11(4-2)8-14-15;1-2/h4-7,9,14H,2-3,8H2,1H3;1-2H3. The average molecular weight is 231 g/mol. The highest BCUT2D eigenvalue weighted by Gasteiger charge is 2.11. The number of aryl methyl sites for hydroxylation is 1. The monoisotopic (exact) mass is 231 g/mol. The second-order valence-electron chi connectivity index (χ2n) is 3.49. The van der Waals surface area contributed by atoms with Crippen LogP contribution in [0.3, 0.4) is 0 Å². The molecule has 3 heteroatoms. The molecule has 0 amide bonds. The number of hydrogen-bond donors (Lipinski definition) is 1. The second kappa shape index (κ2) is 6.86. The fourth-order valence-corrected chi connectivity index (χ4v) is 1.47. The average Bonchev–Trinajstić information content (AvgIpc) is 2.90. The molecule has 1 aliphatic rings. The third-order valence-electron chi connectivity index (χ3n) is 2.47. The molecule has 92 valence electrons. The van der Waals surface area contributed by atoms with Crippen LogP contribution in [0, 0.1) is 0 Å². The summed E-state index contributed by atoms with van der Waals surface area (Å²) in [7, 11) is 0. The molecule has 0 fully saturated rings. The van der Waals surface area contributed by atoms with Gasteiger partial charge in [0.15, 0.2) is 0 Å². The van der Waals surface area contributed by atoms with E-state index in [0.717, 1.165) is 18.8 Å². The van der Waals surface area contributed by atoms with Crippen LogP contribution in [0.15, 0.2) is 42.8 Å². The summed E-state index contributed by atoms with van der Waals surface area (Å²) in [5.74, 6) is 0.920. The topological polar surface area (TPSA) is 28.2 Å². The number of nitrogens with one attached hydrogen (secondary N) is 1. The minimum absolute atomic E-state index is 0.820. The predicted molar refractivity (Wildman–Crippen MR) is 73.7 cm³/mol. The van der Waals surface area contributed by atoms with E-state index in [2.05, 4.69) is 30.0 Å². The maximum atomic E-state index is 4.38. The molecule has 0 aromatic carbocycles. The Morgan fingerprint density at radius 1 is 1.47 bits per heavy atom. The zero-order chi connectivity index (χ0) is 12.7. The molecule has 0 unspecified atom stereocenters. The van der Waals surface area contributed by atoms with Crippen LogP contribution in [-0.4, -0.2) is 11.5 Å². The first kappa shape index (κ1) is 13.5. The zero-order valence-corrected chi connectivity index (χ0v) is 10.9. The lowest BCUT2D eigenvalue weighted by molar-refractivity contribution is 0.794. The fraction of sp³-hybridized carbons (Fsp3) is 0.357. The van der Waals surface area contributed by atoms with Gasteiger partial charge in [0.2, 0.25) is 0 Å². The molecule has 1 N–H and O–H groups in total. The summed E-state index contributed by atoms with van der Waals surface area (Å²) >= 11 is 0. The van der Waals surface area contributed by atoms with Gasteiger partial charge in [0.05, 0.1) is 0 Å². The molecule has 0 spiro atoms. The Labute approximate surface area is 104 Å². The van der Waals surface area contributed by atoms with Crippen LogP contribution in [0.2, 0.25) is 0 Å². The summed E-state index contributed by atoms with van der Waals surface area (Å²) in [5, 5.41) is 1.93. The van der Waals surface area contributed by atoms with Crippen molar-refractivity contribution in [3.8, 4) is 0 Å². The number of hydrogen-bond acceptors (Lipinski definition) is 3. The number of pyridine rings is 1. The molecule has 0 aliphatic carbocycles. The van der Waals surface area contributed by atoms with Crippen molar-refractivity contribution in [2.45, 2.75) is 27.2 Å². The maximum Gasteiger partial charge on any atom is 0.146 e. The van der Waals surface area contributed by atoms with Crippen molar-refractivity contribution in [2.75, 3.05) is 11.6 Å². The Hall–Kier alpha value is -1.61. The molecule has 1 aromatic rings. The highest BCUT2D eigenvalue weighted by Crippen LogP contribution is 2.15. The number of rotatable bonds is 3. The van der Waals surface area contributed by atoms with Crippen molar-refractivity contribution in [3.05, 3.63) is 48.3 Å². The van der Waals surface area contributed by atoms with Gasteiger partial charge in [0.25, 0.3) is 0 Å². The Balaban J connectivity index is 0.000000686. The third kappa shape index (κ3) is 3.43. The van der Waals surface area contributed by atoms with E-state index in [1.807, 2.05) is 43.4 Å². The fourth-order valence-electron chi connectivity index (χ4n) is 1.47. The molecule has 0 saturated carbocycles. The van der Waals surface area contributed by atoms with E-state index in [1.165, 1.54) is 11.1 Å². The van der Waals surface area contributed by atoms with Gasteiger partial charge in [-0.25, -0.2) is 10.4 Å². The maximum absolute atomic E-state index is 4.38. The molecular formula is C14H21N3. The molecule has 0 atom stereocenters. The molecule has 3 nitrogen and oxygen atoms in total. The van der Waals surface area contributed by atoms with Crippen LogP contribution in [0.25, 0.3) is 0 Å². The predicted octanol–water partition coefficient (Wildman–Crippen LogP) is 3.06. The zero-order valence-electron chi connectivity index (χ0n) is 10.9. The molecular weight excluding hydrogens is 210 g/mol. The van der Waals surface area contributed by atoms with Crippen molar-refractivity contribution >= 4 is 5.82 Å². The van der Waals surface area contributed by atoms with Gasteiger partial charge in [-0.05, 0) is 23.6 Å². The van der Waals surface area contributed by atoms with Crippen LogP contribution >= 0.6 is 0 Å². The molecule has 0 bridgehead atoms. The lowest BCUT2D eigenvalue weighted by Crippen LogP contribution is -2.29. The van der Waals surface area contributed by atoms with Crippen LogP contribution in [0.1, 0.15) is 26.3 Å². The molecule has 1 aliphatic heterocycles. The molecule has 2 rings (SSSR count). The van der Waals surface area contributed by atoms with Gasteiger partial charge in [-0.1, -0.05) is 39.5 Å². The van der Waals surface area contributed by atoms with Gasteiger partial charge in [0, 0.05) is 18.9 Å². The Morgan fingerprint density at radius 3 is 2.71 bits per heavy atom. The van der Waals surface area contributed by atoms with Gasteiger partial charge in [-0.3, -0.25) is 5.01 Å². The number of hydrazine groups is 1. The first-order valence-electron chi connectivity index (χ1n) is 6.14. The van der Waals surface area contributed by atoms with E-state index in [1.54, 1.807) is 0 Å². The lowest BCUT2D eigenvalue weighted by atomic mass is 10.2. The number of nitrogens with zero attached hydrogens (tertiary/aromatic N) is 2. The number of anilines is 1.